The van der Waals surface area contributed by atoms with Crippen molar-refractivity contribution < 1.29 is 14.3 Å². The average molecular weight is 615 g/mol. The lowest BCUT2D eigenvalue weighted by atomic mass is 9.95. The summed E-state index contributed by atoms with van der Waals surface area (Å²) in [5.41, 5.74) is 9.48. The van der Waals surface area contributed by atoms with Gasteiger partial charge in [-0.15, -0.1) is 0 Å². The molecule has 7 heteroatoms. The van der Waals surface area contributed by atoms with Crippen LogP contribution in [0.1, 0.15) is 53.0 Å². The maximum absolute atomic E-state index is 12.9. The Morgan fingerprint density at radius 2 is 1.57 bits per heavy atom. The molecule has 0 bridgehead atoms. The maximum Gasteiger partial charge on any atom is 0.294 e. The first-order chi connectivity index (χ1) is 21.6. The van der Waals surface area contributed by atoms with Gasteiger partial charge in [-0.25, -0.2) is 0 Å². The number of carbonyl (C=O) groups excluding carboxylic acids is 2. The van der Waals surface area contributed by atoms with Crippen LogP contribution < -0.4 is 4.90 Å². The molecule has 0 spiro atoms. The summed E-state index contributed by atoms with van der Waals surface area (Å²) in [6.45, 7) is 0.159. The van der Waals surface area contributed by atoms with Gasteiger partial charge in [0.05, 0.1) is 4.91 Å². The summed E-state index contributed by atoms with van der Waals surface area (Å²) in [5, 5.41) is 0. The highest BCUT2D eigenvalue weighted by Crippen LogP contribution is 2.52. The first-order valence-corrected chi connectivity index (χ1v) is 16.0. The van der Waals surface area contributed by atoms with Crippen LogP contribution in [0, 0.1) is 0 Å². The number of carbonyl (C=O) groups is 2. The minimum atomic E-state index is -0.237. The van der Waals surface area contributed by atoms with E-state index in [4.69, 9.17) is 17.0 Å². The first-order valence-electron chi connectivity index (χ1n) is 14.8. The highest BCUT2D eigenvalue weighted by Gasteiger charge is 2.42. The van der Waals surface area contributed by atoms with Gasteiger partial charge < -0.3 is 9.64 Å². The quantitative estimate of drug-likeness (QED) is 0.0860. The molecule has 218 valence electrons. The maximum atomic E-state index is 12.9. The molecule has 1 saturated carbocycles. The molecule has 5 nitrogen and oxygen atoms in total. The van der Waals surface area contributed by atoms with Crippen LogP contribution in [0.4, 0.5) is 11.4 Å². The van der Waals surface area contributed by atoms with Crippen LogP contribution in [0.5, 0.6) is 0 Å². The monoisotopic (exact) mass is 614 g/mol. The van der Waals surface area contributed by atoms with E-state index in [0.717, 1.165) is 24.0 Å². The number of anilines is 2. The summed E-state index contributed by atoms with van der Waals surface area (Å²) in [5.74, 6) is 0.218. The third-order valence-electron chi connectivity index (χ3n) is 8.62. The number of hydrogen-bond donors (Lipinski definition) is 0. The molecular formula is C37H30N2O3S2. The Kier molecular flexibility index (Phi) is 7.90. The summed E-state index contributed by atoms with van der Waals surface area (Å²) in [7, 11) is 0. The topological polar surface area (TPSA) is 49.9 Å². The summed E-state index contributed by atoms with van der Waals surface area (Å²) in [6, 6.07) is 36.9. The Labute approximate surface area is 266 Å². The number of thioether (sulfide) groups is 1. The molecule has 1 amide bonds. The minimum absolute atomic E-state index is 0.164. The second kappa shape index (κ2) is 12.3. The van der Waals surface area contributed by atoms with Gasteiger partial charge in [0.2, 0.25) is 0 Å². The fourth-order valence-electron chi connectivity index (χ4n) is 6.63. The highest BCUT2D eigenvalue weighted by atomic mass is 32.2. The second-order valence-corrected chi connectivity index (χ2v) is 12.9. The molecule has 0 aromatic heterocycles. The van der Waals surface area contributed by atoms with Gasteiger partial charge in [-0.2, -0.15) is 0 Å². The van der Waals surface area contributed by atoms with Crippen LogP contribution in [-0.2, 0) is 14.3 Å². The van der Waals surface area contributed by atoms with Crippen LogP contribution in [0.2, 0.25) is 0 Å². The Morgan fingerprint density at radius 3 is 2.25 bits per heavy atom. The molecule has 2 aliphatic heterocycles. The number of fused-ring (bicyclic) bond motifs is 3. The molecule has 1 saturated heterocycles. The zero-order chi connectivity index (χ0) is 30.0. The lowest BCUT2D eigenvalue weighted by Crippen LogP contribution is -2.30. The first kappa shape index (κ1) is 28.3. The molecule has 4 aromatic carbocycles. The number of nitrogens with zero attached hydrogens (tertiary/aromatic N) is 2. The van der Waals surface area contributed by atoms with Gasteiger partial charge in [0.1, 0.15) is 0 Å². The number of thiocarbonyl (C=S) groups is 1. The van der Waals surface area contributed by atoms with Crippen LogP contribution >= 0.6 is 24.0 Å². The van der Waals surface area contributed by atoms with Crippen LogP contribution in [0.25, 0.3) is 17.7 Å². The smallest absolute Gasteiger partial charge is 0.294 e. The summed E-state index contributed by atoms with van der Waals surface area (Å²) < 4.78 is 5.17. The number of ether oxygens (including phenoxy) is 1. The van der Waals surface area contributed by atoms with E-state index in [0.29, 0.717) is 27.7 Å². The Balaban J connectivity index is 1.18. The second-order valence-electron chi connectivity index (χ2n) is 11.2. The van der Waals surface area contributed by atoms with E-state index in [9.17, 15) is 9.59 Å². The van der Waals surface area contributed by atoms with Crippen molar-refractivity contribution >= 4 is 69.8 Å². The number of amides is 1. The van der Waals surface area contributed by atoms with E-state index >= 15 is 0 Å². The van der Waals surface area contributed by atoms with E-state index < -0.39 is 0 Å². The minimum Gasteiger partial charge on any atom is -0.446 e. The molecule has 7 rings (SSSR count). The number of benzene rings is 4. The fourth-order valence-corrected chi connectivity index (χ4v) is 7.87. The van der Waals surface area contributed by atoms with Crippen LogP contribution in [0.15, 0.2) is 108 Å². The van der Waals surface area contributed by atoms with Crippen molar-refractivity contribution in [2.45, 2.75) is 31.2 Å². The van der Waals surface area contributed by atoms with Gasteiger partial charge in [-0.3, -0.25) is 14.5 Å². The van der Waals surface area contributed by atoms with Crippen molar-refractivity contribution in [2.24, 2.45) is 0 Å². The van der Waals surface area contributed by atoms with Crippen LogP contribution in [0.3, 0.4) is 0 Å². The summed E-state index contributed by atoms with van der Waals surface area (Å²) in [6.07, 6.45) is 7.66. The highest BCUT2D eigenvalue weighted by molar-refractivity contribution is 8.26. The third kappa shape index (κ3) is 5.38. The van der Waals surface area contributed by atoms with Crippen LogP contribution in [-0.4, -0.2) is 34.4 Å². The molecule has 0 N–H and O–H groups in total. The van der Waals surface area contributed by atoms with E-state index in [2.05, 4.69) is 102 Å². The zero-order valence-corrected chi connectivity index (χ0v) is 25.6. The molecule has 4 aromatic rings. The molecule has 3 aliphatic rings. The molecule has 1 aliphatic carbocycles. The molecular weight excluding hydrogens is 585 g/mol. The van der Waals surface area contributed by atoms with Crippen molar-refractivity contribution in [3.8, 4) is 0 Å². The molecule has 2 heterocycles. The molecule has 2 fully saturated rings. The lowest BCUT2D eigenvalue weighted by molar-refractivity contribution is -0.135. The Morgan fingerprint density at radius 1 is 0.886 bits per heavy atom. The van der Waals surface area contributed by atoms with Gasteiger partial charge >= 0.3 is 0 Å². The predicted molar refractivity (Wildman–Crippen MR) is 182 cm³/mol. The normalized spacial score (nSPS) is 19.7. The summed E-state index contributed by atoms with van der Waals surface area (Å²) >= 11 is 6.57. The lowest BCUT2D eigenvalue weighted by Gasteiger charge is -2.27. The molecule has 44 heavy (non-hydrogen) atoms. The SMILES string of the molecule is O=COCN1C(=O)C(=Cc2ccc3c(c2)C2CCCC2N3c2ccc(C=C(c3ccccc3)c3ccccc3)cc2)SC1=S. The molecule has 2 unspecified atom stereocenters. The Hall–Kier alpha value is -4.46. The third-order valence-corrected chi connectivity index (χ3v) is 9.99. The number of hydrogen-bond acceptors (Lipinski definition) is 6. The molecule has 0 radical (unpaired) electrons. The number of rotatable bonds is 8. The van der Waals surface area contributed by atoms with Crippen molar-refractivity contribution in [1.82, 2.24) is 4.90 Å². The van der Waals surface area contributed by atoms with Crippen molar-refractivity contribution in [3.05, 3.63) is 136 Å². The van der Waals surface area contributed by atoms with Crippen molar-refractivity contribution in [3.63, 3.8) is 0 Å². The standard InChI is InChI=1S/C37H30N2O3S2/c40-24-42-23-38-36(41)35(44-37(38)43)22-26-16-19-34-32(21-26)30-12-7-13-33(30)39(34)29-17-14-25(15-18-29)20-31(27-8-3-1-4-9-27)28-10-5-2-6-11-28/h1-6,8-11,14-22,24,30,33H,7,12-13,23H2. The van der Waals surface area contributed by atoms with Gasteiger partial charge in [0.15, 0.2) is 11.1 Å². The van der Waals surface area contributed by atoms with Gasteiger partial charge in [-0.1, -0.05) is 109 Å². The van der Waals surface area contributed by atoms with Gasteiger partial charge in [-0.05, 0) is 82.6 Å². The van der Waals surface area contributed by atoms with Crippen molar-refractivity contribution in [1.29, 1.82) is 0 Å². The van der Waals surface area contributed by atoms with Crippen molar-refractivity contribution in [2.75, 3.05) is 11.6 Å². The average Bonchev–Trinajstić information content (AvgIpc) is 3.73. The van der Waals surface area contributed by atoms with Gasteiger partial charge in [0, 0.05) is 23.3 Å². The summed E-state index contributed by atoms with van der Waals surface area (Å²) in [4.78, 5) is 27.8. The Bertz CT molecular complexity index is 1740. The fraction of sp³-hybridized carbons (Fsp3) is 0.162. The zero-order valence-electron chi connectivity index (χ0n) is 24.0. The largest absolute Gasteiger partial charge is 0.446 e. The van der Waals surface area contributed by atoms with Gasteiger partial charge in [0.25, 0.3) is 12.4 Å². The van der Waals surface area contributed by atoms with E-state index in [-0.39, 0.29) is 12.6 Å². The molecule has 2 atom stereocenters. The van der Waals surface area contributed by atoms with E-state index in [1.807, 2.05) is 18.2 Å². The van der Waals surface area contributed by atoms with E-state index in [1.165, 1.54) is 56.7 Å². The van der Waals surface area contributed by atoms with E-state index in [1.54, 1.807) is 0 Å². The predicted octanol–water partition coefficient (Wildman–Crippen LogP) is 8.40.